The van der Waals surface area contributed by atoms with Gasteiger partial charge in [0.25, 0.3) is 0 Å². The monoisotopic (exact) mass is 237 g/mol. The van der Waals surface area contributed by atoms with Crippen LogP contribution in [0.1, 0.15) is 26.7 Å². The first-order valence-corrected chi connectivity index (χ1v) is 6.33. The molecule has 0 heterocycles. The van der Waals surface area contributed by atoms with E-state index in [2.05, 4.69) is 12.2 Å². The summed E-state index contributed by atoms with van der Waals surface area (Å²) in [6.07, 6.45) is 2.27. The molecule has 0 radical (unpaired) electrons. The molecule has 17 heavy (non-hydrogen) atoms. The summed E-state index contributed by atoms with van der Waals surface area (Å²) in [6, 6.07) is 8.21. The van der Waals surface area contributed by atoms with Gasteiger partial charge < -0.3 is 14.8 Å². The van der Waals surface area contributed by atoms with Gasteiger partial charge >= 0.3 is 0 Å². The Morgan fingerprint density at radius 1 is 1.12 bits per heavy atom. The molecule has 0 aliphatic heterocycles. The van der Waals surface area contributed by atoms with Crippen LogP contribution in [-0.2, 0) is 0 Å². The lowest BCUT2D eigenvalue weighted by Crippen LogP contribution is -2.31. The Labute approximate surface area is 104 Å². The van der Waals surface area contributed by atoms with Gasteiger partial charge in [-0.2, -0.15) is 0 Å². The lowest BCUT2D eigenvalue weighted by atomic mass is 10.2. The molecule has 3 nitrogen and oxygen atoms in total. The van der Waals surface area contributed by atoms with E-state index < -0.39 is 0 Å². The van der Waals surface area contributed by atoms with Crippen molar-refractivity contribution in [3.05, 3.63) is 24.3 Å². The normalized spacial score (nSPS) is 12.2. The van der Waals surface area contributed by atoms with Crippen LogP contribution >= 0.6 is 0 Å². The predicted octanol–water partition coefficient (Wildman–Crippen LogP) is 2.85. The Hall–Kier alpha value is -1.22. The molecule has 0 fully saturated rings. The van der Waals surface area contributed by atoms with Crippen LogP contribution in [0.3, 0.4) is 0 Å². The predicted molar refractivity (Wildman–Crippen MR) is 70.9 cm³/mol. The van der Waals surface area contributed by atoms with Gasteiger partial charge in [-0.15, -0.1) is 0 Å². The van der Waals surface area contributed by atoms with Crippen LogP contribution in [0.15, 0.2) is 24.3 Å². The average Bonchev–Trinajstić information content (AvgIpc) is 2.36. The molecule has 0 saturated carbocycles. The van der Waals surface area contributed by atoms with Gasteiger partial charge in [-0.25, -0.2) is 0 Å². The number of hydrogen-bond donors (Lipinski definition) is 1. The van der Waals surface area contributed by atoms with Crippen molar-refractivity contribution in [1.29, 1.82) is 0 Å². The smallest absolute Gasteiger partial charge is 0.161 e. The topological polar surface area (TPSA) is 30.5 Å². The number of hydrogen-bond acceptors (Lipinski definition) is 3. The highest BCUT2D eigenvalue weighted by Crippen LogP contribution is 2.26. The second kappa shape index (κ2) is 7.96. The lowest BCUT2D eigenvalue weighted by molar-refractivity contribution is 0.243. The standard InChI is InChI=1S/C14H23NO2/c1-4-8-12(15-3)11-17-14-10-7-6-9-13(14)16-5-2/h6-7,9-10,12,15H,4-5,8,11H2,1-3H3. The fourth-order valence-electron chi connectivity index (χ4n) is 1.69. The van der Waals surface area contributed by atoms with Crippen molar-refractivity contribution in [2.24, 2.45) is 0 Å². The third kappa shape index (κ3) is 4.65. The van der Waals surface area contributed by atoms with E-state index in [-0.39, 0.29) is 0 Å². The van der Waals surface area contributed by atoms with Crippen molar-refractivity contribution in [2.45, 2.75) is 32.7 Å². The third-order valence-corrected chi connectivity index (χ3v) is 2.63. The van der Waals surface area contributed by atoms with Crippen molar-refractivity contribution in [1.82, 2.24) is 5.32 Å². The third-order valence-electron chi connectivity index (χ3n) is 2.63. The number of nitrogens with one attached hydrogen (secondary N) is 1. The zero-order valence-electron chi connectivity index (χ0n) is 11.0. The first-order valence-electron chi connectivity index (χ1n) is 6.33. The minimum Gasteiger partial charge on any atom is -0.490 e. The lowest BCUT2D eigenvalue weighted by Gasteiger charge is -2.17. The number of benzene rings is 1. The van der Waals surface area contributed by atoms with Crippen LogP contribution in [-0.4, -0.2) is 26.3 Å². The molecule has 1 aromatic carbocycles. The van der Waals surface area contributed by atoms with Crippen molar-refractivity contribution < 1.29 is 9.47 Å². The van der Waals surface area contributed by atoms with E-state index in [1.807, 2.05) is 38.2 Å². The van der Waals surface area contributed by atoms with E-state index in [1.54, 1.807) is 0 Å². The molecule has 0 spiro atoms. The largest absolute Gasteiger partial charge is 0.490 e. The van der Waals surface area contributed by atoms with Crippen LogP contribution < -0.4 is 14.8 Å². The van der Waals surface area contributed by atoms with E-state index in [1.165, 1.54) is 0 Å². The summed E-state index contributed by atoms with van der Waals surface area (Å²) < 4.78 is 11.3. The van der Waals surface area contributed by atoms with Crippen molar-refractivity contribution in [3.8, 4) is 11.5 Å². The van der Waals surface area contributed by atoms with E-state index in [4.69, 9.17) is 9.47 Å². The van der Waals surface area contributed by atoms with Crippen LogP contribution in [0.2, 0.25) is 0 Å². The average molecular weight is 237 g/mol. The summed E-state index contributed by atoms with van der Waals surface area (Å²) in [6.45, 7) is 5.49. The summed E-state index contributed by atoms with van der Waals surface area (Å²) >= 11 is 0. The molecular weight excluding hydrogens is 214 g/mol. The van der Waals surface area contributed by atoms with Gasteiger partial charge in [0.2, 0.25) is 0 Å². The van der Waals surface area contributed by atoms with Gasteiger partial charge in [0.15, 0.2) is 11.5 Å². The molecule has 96 valence electrons. The van der Waals surface area contributed by atoms with Crippen LogP contribution in [0.25, 0.3) is 0 Å². The Kier molecular flexibility index (Phi) is 6.48. The Balaban J connectivity index is 2.55. The molecule has 0 aromatic heterocycles. The molecule has 0 bridgehead atoms. The fraction of sp³-hybridized carbons (Fsp3) is 0.571. The van der Waals surface area contributed by atoms with E-state index >= 15 is 0 Å². The van der Waals surface area contributed by atoms with Gasteiger partial charge in [0, 0.05) is 6.04 Å². The van der Waals surface area contributed by atoms with Gasteiger partial charge in [-0.1, -0.05) is 25.5 Å². The first-order chi connectivity index (χ1) is 8.31. The van der Waals surface area contributed by atoms with Crippen molar-refractivity contribution >= 4 is 0 Å². The quantitative estimate of drug-likeness (QED) is 0.754. The second-order valence-corrected chi connectivity index (χ2v) is 3.97. The molecule has 1 atom stereocenters. The highest BCUT2D eigenvalue weighted by molar-refractivity contribution is 5.39. The van der Waals surface area contributed by atoms with E-state index in [9.17, 15) is 0 Å². The maximum Gasteiger partial charge on any atom is 0.161 e. The number of ether oxygens (including phenoxy) is 2. The van der Waals surface area contributed by atoms with E-state index in [0.717, 1.165) is 24.3 Å². The SMILES string of the molecule is CCCC(COc1ccccc1OCC)NC. The first kappa shape index (κ1) is 13.8. The molecule has 1 aromatic rings. The van der Waals surface area contributed by atoms with Crippen molar-refractivity contribution in [3.63, 3.8) is 0 Å². The summed E-state index contributed by atoms with van der Waals surface area (Å²) in [4.78, 5) is 0. The summed E-state index contributed by atoms with van der Waals surface area (Å²) in [5, 5.41) is 3.26. The molecule has 1 unspecified atom stereocenters. The Bertz CT molecular complexity index is 315. The molecule has 3 heteroatoms. The summed E-state index contributed by atoms with van der Waals surface area (Å²) in [5.41, 5.74) is 0. The second-order valence-electron chi connectivity index (χ2n) is 3.97. The van der Waals surface area contributed by atoms with Crippen LogP contribution in [0.5, 0.6) is 11.5 Å². The Morgan fingerprint density at radius 2 is 1.76 bits per heavy atom. The molecule has 0 saturated heterocycles. The number of likely N-dealkylation sites (N-methyl/N-ethyl adjacent to an activating group) is 1. The van der Waals surface area contributed by atoms with Gasteiger partial charge in [0.1, 0.15) is 6.61 Å². The highest BCUT2D eigenvalue weighted by atomic mass is 16.5. The molecular formula is C14H23NO2. The highest BCUT2D eigenvalue weighted by Gasteiger charge is 2.08. The molecule has 0 aliphatic carbocycles. The minimum absolute atomic E-state index is 0.398. The van der Waals surface area contributed by atoms with Gasteiger partial charge in [0.05, 0.1) is 6.61 Å². The molecule has 1 rings (SSSR count). The molecule has 1 N–H and O–H groups in total. The summed E-state index contributed by atoms with van der Waals surface area (Å²) in [7, 11) is 1.97. The van der Waals surface area contributed by atoms with Crippen molar-refractivity contribution in [2.75, 3.05) is 20.3 Å². The zero-order chi connectivity index (χ0) is 12.5. The number of para-hydroxylation sites is 2. The minimum atomic E-state index is 0.398. The van der Waals surface area contributed by atoms with E-state index in [0.29, 0.717) is 19.3 Å². The van der Waals surface area contributed by atoms with Crippen LogP contribution in [0, 0.1) is 0 Å². The van der Waals surface area contributed by atoms with Crippen LogP contribution in [0.4, 0.5) is 0 Å². The number of rotatable bonds is 8. The molecule has 0 aliphatic rings. The van der Waals surface area contributed by atoms with Gasteiger partial charge in [-0.05, 0) is 32.5 Å². The Morgan fingerprint density at radius 3 is 2.29 bits per heavy atom. The maximum absolute atomic E-state index is 5.81. The van der Waals surface area contributed by atoms with Gasteiger partial charge in [-0.3, -0.25) is 0 Å². The fourth-order valence-corrected chi connectivity index (χ4v) is 1.69. The zero-order valence-corrected chi connectivity index (χ0v) is 11.0. The maximum atomic E-state index is 5.81. The molecule has 0 amide bonds. The summed E-state index contributed by atoms with van der Waals surface area (Å²) in [5.74, 6) is 1.65.